The Morgan fingerprint density at radius 1 is 1.43 bits per heavy atom. The van der Waals surface area contributed by atoms with E-state index in [1.165, 1.54) is 12.8 Å². The Morgan fingerprint density at radius 3 is 2.50 bits per heavy atom. The first-order valence-electron chi connectivity index (χ1n) is 5.34. The topological polar surface area (TPSA) is 38.5 Å². The van der Waals surface area contributed by atoms with Gasteiger partial charge < -0.3 is 10.5 Å². The van der Waals surface area contributed by atoms with E-state index in [9.17, 15) is 0 Å². The standard InChI is InChI=1S/C10H20N2OS/c1-8-9(11)10(7-13-8)3-5-12(14-2)6-4-10/h8-9H,3-7,11H2,1-2H3/t8-,9+/m0/s1. The van der Waals surface area contributed by atoms with Crippen LogP contribution in [0.25, 0.3) is 0 Å². The molecule has 2 heterocycles. The Labute approximate surface area is 90.5 Å². The smallest absolute Gasteiger partial charge is 0.0704 e. The molecule has 0 aromatic carbocycles. The van der Waals surface area contributed by atoms with Crippen LogP contribution < -0.4 is 5.73 Å². The summed E-state index contributed by atoms with van der Waals surface area (Å²) in [6.07, 6.45) is 4.78. The van der Waals surface area contributed by atoms with Crippen molar-refractivity contribution < 1.29 is 4.74 Å². The van der Waals surface area contributed by atoms with Crippen LogP contribution in [0.5, 0.6) is 0 Å². The molecule has 0 bridgehead atoms. The van der Waals surface area contributed by atoms with E-state index < -0.39 is 0 Å². The summed E-state index contributed by atoms with van der Waals surface area (Å²) in [5.41, 5.74) is 6.51. The lowest BCUT2D eigenvalue weighted by Crippen LogP contribution is -2.49. The second kappa shape index (κ2) is 4.00. The molecule has 4 heteroatoms. The molecule has 0 aromatic rings. The Hall–Kier alpha value is 0.230. The van der Waals surface area contributed by atoms with E-state index in [2.05, 4.69) is 17.5 Å². The van der Waals surface area contributed by atoms with Gasteiger partial charge in [0.2, 0.25) is 0 Å². The van der Waals surface area contributed by atoms with Gasteiger partial charge in [-0.3, -0.25) is 4.31 Å². The molecule has 0 aromatic heterocycles. The molecule has 0 radical (unpaired) electrons. The van der Waals surface area contributed by atoms with Gasteiger partial charge in [0.05, 0.1) is 12.7 Å². The van der Waals surface area contributed by atoms with Crippen molar-refractivity contribution in [2.45, 2.75) is 31.9 Å². The summed E-state index contributed by atoms with van der Waals surface area (Å²) in [6, 6.07) is 0.242. The molecule has 3 nitrogen and oxygen atoms in total. The molecule has 2 atom stereocenters. The third-order valence-electron chi connectivity index (χ3n) is 3.82. The lowest BCUT2D eigenvalue weighted by molar-refractivity contribution is 0.0873. The fraction of sp³-hybridized carbons (Fsp3) is 1.00. The fourth-order valence-electron chi connectivity index (χ4n) is 2.59. The van der Waals surface area contributed by atoms with Crippen LogP contribution >= 0.6 is 11.9 Å². The maximum absolute atomic E-state index is 6.22. The average molecular weight is 216 g/mol. The molecule has 2 fully saturated rings. The summed E-state index contributed by atoms with van der Waals surface area (Å²) < 4.78 is 8.09. The van der Waals surface area contributed by atoms with Crippen LogP contribution in [0.1, 0.15) is 19.8 Å². The minimum atomic E-state index is 0.242. The monoisotopic (exact) mass is 216 g/mol. The van der Waals surface area contributed by atoms with E-state index in [0.29, 0.717) is 0 Å². The Kier molecular flexibility index (Phi) is 3.07. The van der Waals surface area contributed by atoms with E-state index in [1.54, 1.807) is 0 Å². The van der Waals surface area contributed by atoms with Gasteiger partial charge in [-0.2, -0.15) is 0 Å². The number of hydrogen-bond acceptors (Lipinski definition) is 4. The van der Waals surface area contributed by atoms with Gasteiger partial charge in [0, 0.05) is 24.5 Å². The van der Waals surface area contributed by atoms with Gasteiger partial charge in [0.25, 0.3) is 0 Å². The van der Waals surface area contributed by atoms with Gasteiger partial charge in [0.15, 0.2) is 0 Å². The zero-order valence-electron chi connectivity index (χ0n) is 9.03. The van der Waals surface area contributed by atoms with E-state index in [1.807, 2.05) is 11.9 Å². The summed E-state index contributed by atoms with van der Waals surface area (Å²) in [7, 11) is 0. The molecule has 2 rings (SSSR count). The fourth-order valence-corrected chi connectivity index (χ4v) is 3.13. The van der Waals surface area contributed by atoms with Crippen LogP contribution in [0.15, 0.2) is 0 Å². The Morgan fingerprint density at radius 2 is 2.07 bits per heavy atom. The zero-order valence-corrected chi connectivity index (χ0v) is 9.85. The molecular weight excluding hydrogens is 196 g/mol. The highest BCUT2D eigenvalue weighted by Gasteiger charge is 2.47. The van der Waals surface area contributed by atoms with E-state index >= 15 is 0 Å². The van der Waals surface area contributed by atoms with Crippen molar-refractivity contribution in [3.05, 3.63) is 0 Å². The highest BCUT2D eigenvalue weighted by molar-refractivity contribution is 7.96. The summed E-state index contributed by atoms with van der Waals surface area (Å²) in [6.45, 7) is 5.29. The number of rotatable bonds is 1. The molecule has 14 heavy (non-hydrogen) atoms. The number of ether oxygens (including phenoxy) is 1. The number of nitrogens with zero attached hydrogens (tertiary/aromatic N) is 1. The minimum Gasteiger partial charge on any atom is -0.376 e. The van der Waals surface area contributed by atoms with Gasteiger partial charge >= 0.3 is 0 Å². The first kappa shape index (κ1) is 10.7. The third-order valence-corrected chi connectivity index (χ3v) is 4.70. The number of hydrogen-bond donors (Lipinski definition) is 1. The maximum Gasteiger partial charge on any atom is 0.0704 e. The zero-order chi connectivity index (χ0) is 10.2. The van der Waals surface area contributed by atoms with Crippen molar-refractivity contribution in [2.75, 3.05) is 26.0 Å². The molecule has 2 aliphatic rings. The van der Waals surface area contributed by atoms with Crippen LogP contribution in [0, 0.1) is 5.41 Å². The highest BCUT2D eigenvalue weighted by atomic mass is 32.2. The van der Waals surface area contributed by atoms with Gasteiger partial charge in [-0.15, -0.1) is 0 Å². The first-order chi connectivity index (χ1) is 6.68. The average Bonchev–Trinajstić information content (AvgIpc) is 2.49. The van der Waals surface area contributed by atoms with Crippen LogP contribution in [0.4, 0.5) is 0 Å². The van der Waals surface area contributed by atoms with E-state index in [-0.39, 0.29) is 17.6 Å². The van der Waals surface area contributed by atoms with Gasteiger partial charge in [-0.1, -0.05) is 11.9 Å². The molecular formula is C10H20N2OS. The Bertz CT molecular complexity index is 204. The lowest BCUT2D eigenvalue weighted by Gasteiger charge is -2.40. The van der Waals surface area contributed by atoms with Crippen molar-refractivity contribution in [1.29, 1.82) is 0 Å². The molecule has 0 amide bonds. The lowest BCUT2D eigenvalue weighted by atomic mass is 9.74. The normalized spacial score (nSPS) is 37.9. The van der Waals surface area contributed by atoms with E-state index in [0.717, 1.165) is 19.7 Å². The largest absolute Gasteiger partial charge is 0.376 e. The molecule has 2 N–H and O–H groups in total. The van der Waals surface area contributed by atoms with Crippen molar-refractivity contribution >= 4 is 11.9 Å². The predicted molar refractivity (Wildman–Crippen MR) is 60.1 cm³/mol. The molecule has 2 saturated heterocycles. The van der Waals surface area contributed by atoms with Crippen molar-refractivity contribution in [2.24, 2.45) is 11.1 Å². The van der Waals surface area contributed by atoms with Crippen LogP contribution in [0.3, 0.4) is 0 Å². The SMILES string of the molecule is CSN1CCC2(CC1)CO[C@@H](C)[C@H]2N. The van der Waals surface area contributed by atoms with Gasteiger partial charge in [-0.05, 0) is 26.0 Å². The number of piperidine rings is 1. The maximum atomic E-state index is 6.22. The van der Waals surface area contributed by atoms with Crippen LogP contribution in [-0.2, 0) is 4.74 Å². The highest BCUT2D eigenvalue weighted by Crippen LogP contribution is 2.41. The van der Waals surface area contributed by atoms with E-state index in [4.69, 9.17) is 10.5 Å². The summed E-state index contributed by atoms with van der Waals surface area (Å²) >= 11 is 1.84. The van der Waals surface area contributed by atoms with Crippen LogP contribution in [-0.4, -0.2) is 42.4 Å². The molecule has 2 aliphatic heterocycles. The molecule has 1 spiro atoms. The van der Waals surface area contributed by atoms with Crippen molar-refractivity contribution in [3.63, 3.8) is 0 Å². The minimum absolute atomic E-state index is 0.242. The molecule has 82 valence electrons. The van der Waals surface area contributed by atoms with Gasteiger partial charge in [-0.25, -0.2) is 0 Å². The quantitative estimate of drug-likeness (QED) is 0.666. The van der Waals surface area contributed by atoms with Crippen molar-refractivity contribution in [1.82, 2.24) is 4.31 Å². The van der Waals surface area contributed by atoms with Crippen LogP contribution in [0.2, 0.25) is 0 Å². The third kappa shape index (κ3) is 1.69. The second-order valence-electron chi connectivity index (χ2n) is 4.52. The van der Waals surface area contributed by atoms with Gasteiger partial charge in [0.1, 0.15) is 0 Å². The molecule has 0 unspecified atom stereocenters. The molecule has 0 saturated carbocycles. The summed E-state index contributed by atoms with van der Waals surface area (Å²) in [5, 5.41) is 0. The van der Waals surface area contributed by atoms with Crippen molar-refractivity contribution in [3.8, 4) is 0 Å². The first-order valence-corrected chi connectivity index (χ1v) is 6.52. The Balaban J connectivity index is 1.99. The second-order valence-corrected chi connectivity index (χ2v) is 5.40. The predicted octanol–water partition coefficient (Wildman–Crippen LogP) is 1.09. The summed E-state index contributed by atoms with van der Waals surface area (Å²) in [4.78, 5) is 0. The summed E-state index contributed by atoms with van der Waals surface area (Å²) in [5.74, 6) is 0. The molecule has 0 aliphatic carbocycles. The number of nitrogens with two attached hydrogens (primary N) is 1.